The maximum Gasteiger partial charge on any atom is 0.422 e. The monoisotopic (exact) mass is 356 g/mol. The topological polar surface area (TPSA) is 52.6 Å². The Bertz CT molecular complexity index is 464. The van der Waals surface area contributed by atoms with Gasteiger partial charge < -0.3 is 9.47 Å². The Hall–Kier alpha value is -0.970. The first-order valence-corrected chi connectivity index (χ1v) is 9.96. The minimum absolute atomic E-state index is 0.220. The predicted octanol–water partition coefficient (Wildman–Crippen LogP) is 5.01. The summed E-state index contributed by atoms with van der Waals surface area (Å²) in [7, 11) is 0. The van der Waals surface area contributed by atoms with Gasteiger partial charge in [-0.1, -0.05) is 45.4 Å². The quantitative estimate of drug-likeness (QED) is 0.347. The summed E-state index contributed by atoms with van der Waals surface area (Å²) in [6.07, 6.45) is 10.3. The molecular formula is C19H32O4S. The van der Waals surface area contributed by atoms with E-state index in [9.17, 15) is 9.59 Å². The third kappa shape index (κ3) is 7.29. The van der Waals surface area contributed by atoms with Gasteiger partial charge in [0.25, 0.3) is 0 Å². The molecule has 0 fully saturated rings. The molecule has 4 nitrogen and oxygen atoms in total. The molecule has 0 aromatic rings. The van der Waals surface area contributed by atoms with Gasteiger partial charge in [0.15, 0.2) is 0 Å². The standard InChI is InChI=1S/C19H32O4S/c1-6-7-8-9-10-11-13-19(5)15(12-14-24-19)22-16(20)17(21)23-18(2,3)4/h12H,6-11,13-14H2,1-5H3. The smallest absolute Gasteiger partial charge is 0.422 e. The number of rotatable bonds is 8. The van der Waals surface area contributed by atoms with Crippen LogP contribution in [0.3, 0.4) is 0 Å². The SMILES string of the molecule is CCCCCCCCC1(C)SCC=C1OC(=O)C(=O)OC(C)(C)C. The molecule has 1 heterocycles. The molecule has 1 atom stereocenters. The van der Waals surface area contributed by atoms with Gasteiger partial charge in [0.1, 0.15) is 11.4 Å². The summed E-state index contributed by atoms with van der Waals surface area (Å²) >= 11 is 1.77. The molecule has 1 aliphatic rings. The van der Waals surface area contributed by atoms with Crippen LogP contribution in [0.4, 0.5) is 0 Å². The van der Waals surface area contributed by atoms with Crippen molar-refractivity contribution in [1.29, 1.82) is 0 Å². The van der Waals surface area contributed by atoms with E-state index >= 15 is 0 Å². The van der Waals surface area contributed by atoms with Gasteiger partial charge in [-0.15, -0.1) is 11.8 Å². The van der Waals surface area contributed by atoms with Crippen LogP contribution >= 0.6 is 11.8 Å². The summed E-state index contributed by atoms with van der Waals surface area (Å²) in [6.45, 7) is 9.49. The van der Waals surface area contributed by atoms with Crippen molar-refractivity contribution in [3.63, 3.8) is 0 Å². The van der Waals surface area contributed by atoms with Gasteiger partial charge >= 0.3 is 11.9 Å². The van der Waals surface area contributed by atoms with Gasteiger partial charge in [-0.3, -0.25) is 0 Å². The highest BCUT2D eigenvalue weighted by Gasteiger charge is 2.37. The molecular weight excluding hydrogens is 324 g/mol. The van der Waals surface area contributed by atoms with E-state index in [-0.39, 0.29) is 4.75 Å². The first kappa shape index (κ1) is 21.1. The van der Waals surface area contributed by atoms with E-state index in [4.69, 9.17) is 9.47 Å². The van der Waals surface area contributed by atoms with E-state index in [2.05, 4.69) is 13.8 Å². The maximum atomic E-state index is 12.0. The molecule has 0 aromatic heterocycles. The van der Waals surface area contributed by atoms with Gasteiger partial charge in [0.2, 0.25) is 0 Å². The van der Waals surface area contributed by atoms with Crippen molar-refractivity contribution < 1.29 is 19.1 Å². The molecule has 138 valence electrons. The molecule has 0 aliphatic carbocycles. The largest absolute Gasteiger partial charge is 0.452 e. The molecule has 24 heavy (non-hydrogen) atoms. The number of carbonyl (C=O) groups excluding carboxylic acids is 2. The van der Waals surface area contributed by atoms with Gasteiger partial charge in [0.05, 0.1) is 4.75 Å². The highest BCUT2D eigenvalue weighted by Crippen LogP contribution is 2.43. The Balaban J connectivity index is 2.46. The summed E-state index contributed by atoms with van der Waals surface area (Å²) < 4.78 is 10.2. The first-order valence-electron chi connectivity index (χ1n) is 8.98. The molecule has 1 aliphatic heterocycles. The van der Waals surface area contributed by atoms with Gasteiger partial charge in [-0.2, -0.15) is 0 Å². The van der Waals surface area contributed by atoms with Crippen molar-refractivity contribution in [3.8, 4) is 0 Å². The van der Waals surface area contributed by atoms with E-state index < -0.39 is 17.5 Å². The molecule has 1 rings (SSSR count). The normalized spacial score (nSPS) is 20.6. The highest BCUT2D eigenvalue weighted by molar-refractivity contribution is 8.01. The Morgan fingerprint density at radius 1 is 1.12 bits per heavy atom. The van der Waals surface area contributed by atoms with Crippen LogP contribution in [0.5, 0.6) is 0 Å². The van der Waals surface area contributed by atoms with Crippen molar-refractivity contribution in [3.05, 3.63) is 11.8 Å². The fourth-order valence-electron chi connectivity index (χ4n) is 2.64. The van der Waals surface area contributed by atoms with Crippen LogP contribution in [0.25, 0.3) is 0 Å². The zero-order valence-corrected chi connectivity index (χ0v) is 16.6. The summed E-state index contributed by atoms with van der Waals surface area (Å²) in [5.74, 6) is -0.435. The van der Waals surface area contributed by atoms with E-state index in [1.54, 1.807) is 32.5 Å². The van der Waals surface area contributed by atoms with Crippen molar-refractivity contribution >= 4 is 23.7 Å². The number of unbranched alkanes of at least 4 members (excludes halogenated alkanes) is 5. The van der Waals surface area contributed by atoms with Crippen molar-refractivity contribution in [2.45, 2.75) is 89.9 Å². The number of ether oxygens (including phenoxy) is 2. The summed E-state index contributed by atoms with van der Waals surface area (Å²) in [5.41, 5.74) is -0.698. The second kappa shape index (κ2) is 9.50. The molecule has 5 heteroatoms. The van der Waals surface area contributed by atoms with E-state index in [1.165, 1.54) is 32.1 Å². The first-order chi connectivity index (χ1) is 11.2. The number of hydrogen-bond donors (Lipinski definition) is 0. The lowest BCUT2D eigenvalue weighted by Gasteiger charge is -2.26. The fourth-order valence-corrected chi connectivity index (χ4v) is 3.80. The molecule has 0 radical (unpaired) electrons. The summed E-state index contributed by atoms with van der Waals surface area (Å²) in [5, 5.41) is 0. The molecule has 0 spiro atoms. The average Bonchev–Trinajstić information content (AvgIpc) is 2.82. The summed E-state index contributed by atoms with van der Waals surface area (Å²) in [4.78, 5) is 23.8. The molecule has 0 aromatic carbocycles. The Labute approximate surface area is 150 Å². The van der Waals surface area contributed by atoms with E-state index in [0.717, 1.165) is 18.6 Å². The van der Waals surface area contributed by atoms with Crippen LogP contribution in [0, 0.1) is 0 Å². The van der Waals surface area contributed by atoms with Crippen molar-refractivity contribution in [2.75, 3.05) is 5.75 Å². The lowest BCUT2D eigenvalue weighted by molar-refractivity contribution is -0.172. The Kier molecular flexibility index (Phi) is 8.34. The lowest BCUT2D eigenvalue weighted by Crippen LogP contribution is -2.32. The van der Waals surface area contributed by atoms with E-state index in [1.807, 2.05) is 6.08 Å². The number of thioether (sulfide) groups is 1. The van der Waals surface area contributed by atoms with Gasteiger partial charge in [-0.25, -0.2) is 9.59 Å². The van der Waals surface area contributed by atoms with Crippen molar-refractivity contribution in [1.82, 2.24) is 0 Å². The third-order valence-corrected chi connectivity index (χ3v) is 5.34. The van der Waals surface area contributed by atoms with Crippen LogP contribution in [0.2, 0.25) is 0 Å². The summed E-state index contributed by atoms with van der Waals surface area (Å²) in [6, 6.07) is 0. The zero-order valence-electron chi connectivity index (χ0n) is 15.8. The molecule has 0 saturated heterocycles. The molecule has 0 saturated carbocycles. The average molecular weight is 357 g/mol. The molecule has 0 amide bonds. The number of esters is 2. The van der Waals surface area contributed by atoms with Crippen LogP contribution < -0.4 is 0 Å². The number of hydrogen-bond acceptors (Lipinski definition) is 5. The molecule has 1 unspecified atom stereocenters. The van der Waals surface area contributed by atoms with Crippen LogP contribution in [-0.2, 0) is 19.1 Å². The van der Waals surface area contributed by atoms with Crippen LogP contribution in [-0.4, -0.2) is 28.0 Å². The second-order valence-electron chi connectivity index (χ2n) is 7.52. The molecule has 0 N–H and O–H groups in total. The fraction of sp³-hybridized carbons (Fsp3) is 0.789. The second-order valence-corrected chi connectivity index (χ2v) is 9.04. The predicted molar refractivity (Wildman–Crippen MR) is 98.9 cm³/mol. The number of carbonyl (C=O) groups is 2. The van der Waals surface area contributed by atoms with Crippen molar-refractivity contribution in [2.24, 2.45) is 0 Å². The minimum atomic E-state index is -0.929. The third-order valence-electron chi connectivity index (χ3n) is 3.97. The zero-order chi connectivity index (χ0) is 18.2. The molecule has 0 bridgehead atoms. The highest BCUT2D eigenvalue weighted by atomic mass is 32.2. The van der Waals surface area contributed by atoms with E-state index in [0.29, 0.717) is 5.76 Å². The Morgan fingerprint density at radius 2 is 1.75 bits per heavy atom. The maximum absolute atomic E-state index is 12.0. The lowest BCUT2D eigenvalue weighted by atomic mass is 9.99. The van der Waals surface area contributed by atoms with Gasteiger partial charge in [-0.05, 0) is 40.2 Å². The van der Waals surface area contributed by atoms with Crippen LogP contribution in [0.1, 0.15) is 79.6 Å². The van der Waals surface area contributed by atoms with Crippen LogP contribution in [0.15, 0.2) is 11.8 Å². The minimum Gasteiger partial charge on any atom is -0.452 e. The van der Waals surface area contributed by atoms with Gasteiger partial charge in [0, 0.05) is 5.75 Å². The Morgan fingerprint density at radius 3 is 2.38 bits per heavy atom.